The second-order valence-electron chi connectivity index (χ2n) is 15.8. The average molecular weight is 780 g/mol. The highest BCUT2D eigenvalue weighted by molar-refractivity contribution is 7.75. The SMILES string of the molecule is Cc1cccc(C)c1P(CN(CP(c1c(C)cccc1C)c1c(C)cccc1C)CP(c1c(C)cccc1C)c1c(C)cccc1C)c1c(C)cccc1C. The molecule has 0 spiro atoms. The molecule has 0 amide bonds. The molecule has 0 heterocycles. The number of rotatable bonds is 12. The summed E-state index contributed by atoms with van der Waals surface area (Å²) in [7, 11) is -2.18. The van der Waals surface area contributed by atoms with Gasteiger partial charge in [-0.2, -0.15) is 0 Å². The molecule has 0 aromatic heterocycles. The van der Waals surface area contributed by atoms with Crippen LogP contribution in [0.2, 0.25) is 0 Å². The predicted octanol–water partition coefficient (Wildman–Crippen LogP) is 11.3. The topological polar surface area (TPSA) is 3.24 Å². The van der Waals surface area contributed by atoms with Crippen LogP contribution in [-0.2, 0) is 0 Å². The fourth-order valence-electron chi connectivity index (χ4n) is 8.88. The molecule has 0 saturated heterocycles. The normalized spacial score (nSPS) is 11.8. The minimum Gasteiger partial charge on any atom is -0.289 e. The standard InChI is InChI=1S/C51H60NP3/c1-34-19-13-20-35(2)46(34)53(47-36(3)21-14-22-37(47)4)31-52(32-54(48-38(5)23-15-24-39(48)6)49-40(7)25-16-26-41(49)8)33-55(50-42(9)27-17-28-43(50)10)51-44(11)29-18-30-45(51)12/h13-30H,31-33H2,1-12H3. The van der Waals surface area contributed by atoms with Gasteiger partial charge in [0.15, 0.2) is 0 Å². The van der Waals surface area contributed by atoms with Crippen molar-refractivity contribution in [2.45, 2.75) is 83.1 Å². The molecule has 0 aliphatic rings. The lowest BCUT2D eigenvalue weighted by Crippen LogP contribution is -2.38. The molecule has 0 radical (unpaired) electrons. The van der Waals surface area contributed by atoms with Gasteiger partial charge in [-0.15, -0.1) is 0 Å². The van der Waals surface area contributed by atoms with Crippen LogP contribution >= 0.6 is 23.8 Å². The van der Waals surface area contributed by atoms with Crippen molar-refractivity contribution in [3.63, 3.8) is 0 Å². The van der Waals surface area contributed by atoms with Gasteiger partial charge in [0.1, 0.15) is 0 Å². The zero-order chi connectivity index (χ0) is 39.6. The Kier molecular flexibility index (Phi) is 13.3. The number of hydrogen-bond acceptors (Lipinski definition) is 1. The van der Waals surface area contributed by atoms with E-state index < -0.39 is 23.8 Å². The second kappa shape index (κ2) is 17.8. The first kappa shape index (κ1) is 41.2. The first-order valence-corrected chi connectivity index (χ1v) is 24.3. The third kappa shape index (κ3) is 8.78. The van der Waals surface area contributed by atoms with Crippen molar-refractivity contribution < 1.29 is 0 Å². The van der Waals surface area contributed by atoms with Gasteiger partial charge in [0.05, 0.1) is 0 Å². The Morgan fingerprint density at radius 2 is 0.382 bits per heavy atom. The van der Waals surface area contributed by atoms with E-state index in [0.717, 1.165) is 18.9 Å². The van der Waals surface area contributed by atoms with E-state index >= 15 is 0 Å². The summed E-state index contributed by atoms with van der Waals surface area (Å²) in [5, 5.41) is 9.29. The molecule has 6 rings (SSSR count). The maximum Gasteiger partial charge on any atom is 0.0273 e. The third-order valence-electron chi connectivity index (χ3n) is 11.3. The van der Waals surface area contributed by atoms with Gasteiger partial charge in [-0.1, -0.05) is 109 Å². The Bertz CT molecular complexity index is 1790. The molecule has 4 heteroatoms. The Morgan fingerprint density at radius 1 is 0.255 bits per heavy atom. The lowest BCUT2D eigenvalue weighted by molar-refractivity contribution is 0.440. The molecule has 0 fully saturated rings. The monoisotopic (exact) mass is 779 g/mol. The minimum absolute atomic E-state index is 0.725. The van der Waals surface area contributed by atoms with Gasteiger partial charge in [-0.25, -0.2) is 0 Å². The van der Waals surface area contributed by atoms with E-state index in [9.17, 15) is 0 Å². The van der Waals surface area contributed by atoms with Gasteiger partial charge in [0, 0.05) is 18.9 Å². The highest BCUT2D eigenvalue weighted by Gasteiger charge is 2.32. The van der Waals surface area contributed by atoms with Crippen LogP contribution in [0.25, 0.3) is 0 Å². The number of benzene rings is 6. The van der Waals surface area contributed by atoms with Crippen LogP contribution in [0.15, 0.2) is 109 Å². The maximum atomic E-state index is 2.97. The van der Waals surface area contributed by atoms with Crippen molar-refractivity contribution >= 4 is 55.6 Å². The highest BCUT2D eigenvalue weighted by atomic mass is 31.1. The summed E-state index contributed by atoms with van der Waals surface area (Å²) in [6, 6.07) is 41.6. The first-order chi connectivity index (χ1) is 26.3. The molecule has 0 unspecified atom stereocenters. The lowest BCUT2D eigenvalue weighted by Gasteiger charge is -2.38. The molecule has 0 aliphatic carbocycles. The molecule has 0 saturated carbocycles. The summed E-state index contributed by atoms with van der Waals surface area (Å²) in [5.41, 5.74) is 16.9. The fraction of sp³-hybridized carbons (Fsp3) is 0.294. The van der Waals surface area contributed by atoms with E-state index in [0.29, 0.717) is 0 Å². The van der Waals surface area contributed by atoms with Gasteiger partial charge in [-0.3, -0.25) is 4.90 Å². The fourth-order valence-corrected chi connectivity index (χ4v) is 18.7. The van der Waals surface area contributed by atoms with E-state index in [1.807, 2.05) is 0 Å². The third-order valence-corrected chi connectivity index (χ3v) is 20.8. The zero-order valence-corrected chi connectivity index (χ0v) is 38.0. The molecule has 0 bridgehead atoms. The number of hydrogen-bond donors (Lipinski definition) is 0. The molecule has 0 aliphatic heterocycles. The van der Waals surface area contributed by atoms with Crippen LogP contribution in [0.1, 0.15) is 66.8 Å². The summed E-state index contributed by atoms with van der Waals surface area (Å²) in [6.07, 6.45) is 3.03. The summed E-state index contributed by atoms with van der Waals surface area (Å²) < 4.78 is 0. The van der Waals surface area contributed by atoms with E-state index in [1.165, 1.54) is 66.8 Å². The van der Waals surface area contributed by atoms with Crippen molar-refractivity contribution in [1.29, 1.82) is 0 Å². The molecular formula is C51H60NP3. The second-order valence-corrected chi connectivity index (χ2v) is 21.9. The first-order valence-electron chi connectivity index (χ1n) is 19.7. The van der Waals surface area contributed by atoms with Crippen molar-refractivity contribution in [3.05, 3.63) is 176 Å². The van der Waals surface area contributed by atoms with Crippen LogP contribution in [0, 0.1) is 83.1 Å². The predicted molar refractivity (Wildman–Crippen MR) is 250 cm³/mol. The molecular weight excluding hydrogens is 719 g/mol. The molecule has 6 aromatic rings. The van der Waals surface area contributed by atoms with E-state index in [-0.39, 0.29) is 0 Å². The van der Waals surface area contributed by atoms with Crippen LogP contribution in [0.4, 0.5) is 0 Å². The van der Waals surface area contributed by atoms with Crippen molar-refractivity contribution in [2.75, 3.05) is 18.9 Å². The molecule has 284 valence electrons. The van der Waals surface area contributed by atoms with E-state index in [4.69, 9.17) is 0 Å². The van der Waals surface area contributed by atoms with Crippen LogP contribution < -0.4 is 31.8 Å². The molecule has 0 N–H and O–H groups in total. The van der Waals surface area contributed by atoms with Gasteiger partial charge < -0.3 is 0 Å². The molecule has 6 aromatic carbocycles. The lowest BCUT2D eigenvalue weighted by atomic mass is 10.1. The highest BCUT2D eigenvalue weighted by Crippen LogP contribution is 2.48. The van der Waals surface area contributed by atoms with Gasteiger partial charge in [0.25, 0.3) is 0 Å². The quantitative estimate of drug-likeness (QED) is 0.112. The summed E-state index contributed by atoms with van der Waals surface area (Å²) >= 11 is 0. The summed E-state index contributed by atoms with van der Waals surface area (Å²) in [5.74, 6) is 0. The number of nitrogens with zero attached hydrogens (tertiary/aromatic N) is 1. The largest absolute Gasteiger partial charge is 0.289 e. The van der Waals surface area contributed by atoms with E-state index in [1.54, 1.807) is 31.8 Å². The number of aryl methyl sites for hydroxylation is 12. The van der Waals surface area contributed by atoms with Crippen LogP contribution in [-0.4, -0.2) is 23.8 Å². The van der Waals surface area contributed by atoms with Crippen molar-refractivity contribution in [3.8, 4) is 0 Å². The minimum atomic E-state index is -0.725. The molecule has 1 nitrogen and oxygen atoms in total. The van der Waals surface area contributed by atoms with Gasteiger partial charge in [-0.05, 0) is 205 Å². The maximum absolute atomic E-state index is 2.97. The Morgan fingerprint density at radius 3 is 0.509 bits per heavy atom. The van der Waals surface area contributed by atoms with Crippen molar-refractivity contribution in [2.24, 2.45) is 0 Å². The van der Waals surface area contributed by atoms with E-state index in [2.05, 4.69) is 197 Å². The Balaban J connectivity index is 1.64. The van der Waals surface area contributed by atoms with Gasteiger partial charge >= 0.3 is 0 Å². The zero-order valence-electron chi connectivity index (χ0n) is 35.3. The average Bonchev–Trinajstić information content (AvgIpc) is 3.10. The Labute approximate surface area is 336 Å². The molecule has 0 atom stereocenters. The molecule has 55 heavy (non-hydrogen) atoms. The van der Waals surface area contributed by atoms with Crippen LogP contribution in [0.5, 0.6) is 0 Å². The summed E-state index contributed by atoms with van der Waals surface area (Å²) in [6.45, 7) is 28.1. The summed E-state index contributed by atoms with van der Waals surface area (Å²) in [4.78, 5) is 2.97. The van der Waals surface area contributed by atoms with Gasteiger partial charge in [0.2, 0.25) is 0 Å². The Hall–Kier alpha value is -3.43. The van der Waals surface area contributed by atoms with Crippen LogP contribution in [0.3, 0.4) is 0 Å². The smallest absolute Gasteiger partial charge is 0.0273 e. The van der Waals surface area contributed by atoms with Crippen molar-refractivity contribution in [1.82, 2.24) is 4.90 Å².